The summed E-state index contributed by atoms with van der Waals surface area (Å²) in [5, 5.41) is 5.94. The predicted molar refractivity (Wildman–Crippen MR) is 107 cm³/mol. The zero-order chi connectivity index (χ0) is 22.4. The van der Waals surface area contributed by atoms with Gasteiger partial charge in [0.2, 0.25) is 10.0 Å². The fourth-order valence-corrected chi connectivity index (χ4v) is 3.35. The predicted octanol–water partition coefficient (Wildman–Crippen LogP) is 2.70. The molecule has 0 unspecified atom stereocenters. The fraction of sp³-hybridized carbons (Fsp3) is 0.316. The maximum atomic E-state index is 12.5. The van der Waals surface area contributed by atoms with Crippen molar-refractivity contribution in [3.8, 4) is 5.75 Å². The van der Waals surface area contributed by atoms with Crippen LogP contribution in [-0.2, 0) is 23.1 Å². The van der Waals surface area contributed by atoms with E-state index in [1.54, 1.807) is 18.2 Å². The number of benzene rings is 2. The SMILES string of the molecule is CN=C(NCc1ccc(S(=O)(=O)N(C)C)cc1)NCc1ccccc1OC(F)(F)F. The van der Waals surface area contributed by atoms with Gasteiger partial charge in [-0.25, -0.2) is 12.7 Å². The van der Waals surface area contributed by atoms with E-state index in [4.69, 9.17) is 0 Å². The molecule has 0 bridgehead atoms. The molecule has 0 aromatic heterocycles. The molecule has 164 valence electrons. The Morgan fingerprint density at radius 2 is 1.63 bits per heavy atom. The lowest BCUT2D eigenvalue weighted by molar-refractivity contribution is -0.274. The second-order valence-electron chi connectivity index (χ2n) is 6.37. The van der Waals surface area contributed by atoms with Crippen molar-refractivity contribution < 1.29 is 26.3 Å². The third-order valence-corrected chi connectivity index (χ3v) is 5.86. The van der Waals surface area contributed by atoms with Gasteiger partial charge in [0.1, 0.15) is 5.75 Å². The molecular formula is C19H23F3N4O3S. The molecule has 2 N–H and O–H groups in total. The summed E-state index contributed by atoms with van der Waals surface area (Å²) in [6.45, 7) is 0.397. The van der Waals surface area contributed by atoms with Crippen molar-refractivity contribution in [1.29, 1.82) is 0 Å². The van der Waals surface area contributed by atoms with E-state index in [-0.39, 0.29) is 17.2 Å². The van der Waals surface area contributed by atoms with Gasteiger partial charge < -0.3 is 15.4 Å². The lowest BCUT2D eigenvalue weighted by atomic mass is 10.2. The number of hydrogen-bond donors (Lipinski definition) is 2. The number of halogens is 3. The number of para-hydroxylation sites is 1. The van der Waals surface area contributed by atoms with Gasteiger partial charge in [-0.15, -0.1) is 13.2 Å². The van der Waals surface area contributed by atoms with Crippen LogP contribution in [0.2, 0.25) is 0 Å². The number of rotatable bonds is 7. The molecule has 2 aromatic rings. The second kappa shape index (κ2) is 9.81. The molecule has 0 aliphatic carbocycles. The van der Waals surface area contributed by atoms with Crippen molar-refractivity contribution in [3.05, 3.63) is 59.7 Å². The van der Waals surface area contributed by atoms with E-state index in [1.165, 1.54) is 51.5 Å². The molecule has 0 aliphatic heterocycles. The van der Waals surface area contributed by atoms with E-state index in [0.717, 1.165) is 9.87 Å². The first-order valence-corrected chi connectivity index (χ1v) is 10.3. The third kappa shape index (κ3) is 6.63. The molecule has 0 saturated heterocycles. The smallest absolute Gasteiger partial charge is 0.405 e. The molecule has 11 heteroatoms. The summed E-state index contributed by atoms with van der Waals surface area (Å²) < 4.78 is 66.9. The van der Waals surface area contributed by atoms with Crippen molar-refractivity contribution in [2.24, 2.45) is 4.99 Å². The minimum atomic E-state index is -4.78. The number of guanidine groups is 1. The van der Waals surface area contributed by atoms with Gasteiger partial charge in [0.15, 0.2) is 5.96 Å². The van der Waals surface area contributed by atoms with Crippen molar-refractivity contribution in [1.82, 2.24) is 14.9 Å². The molecule has 0 atom stereocenters. The summed E-state index contributed by atoms with van der Waals surface area (Å²) in [6, 6.07) is 12.2. The Bertz CT molecular complexity index is 975. The van der Waals surface area contributed by atoms with Crippen LogP contribution in [0.5, 0.6) is 5.75 Å². The average Bonchev–Trinajstić information content (AvgIpc) is 2.68. The lowest BCUT2D eigenvalue weighted by Crippen LogP contribution is -2.36. The highest BCUT2D eigenvalue weighted by atomic mass is 32.2. The normalized spacial score (nSPS) is 12.7. The average molecular weight is 444 g/mol. The van der Waals surface area contributed by atoms with Gasteiger partial charge in [0.05, 0.1) is 4.90 Å². The van der Waals surface area contributed by atoms with E-state index in [1.807, 2.05) is 0 Å². The van der Waals surface area contributed by atoms with Gasteiger partial charge in [0, 0.05) is 39.8 Å². The van der Waals surface area contributed by atoms with Gasteiger partial charge in [-0.1, -0.05) is 30.3 Å². The Morgan fingerprint density at radius 1 is 1.03 bits per heavy atom. The lowest BCUT2D eigenvalue weighted by Gasteiger charge is -2.16. The van der Waals surface area contributed by atoms with Crippen LogP contribution in [0.3, 0.4) is 0 Å². The second-order valence-corrected chi connectivity index (χ2v) is 8.52. The number of sulfonamides is 1. The number of hydrogen-bond acceptors (Lipinski definition) is 4. The van der Waals surface area contributed by atoms with E-state index in [0.29, 0.717) is 18.1 Å². The minimum Gasteiger partial charge on any atom is -0.405 e. The first kappa shape index (κ1) is 23.5. The Labute approximate surface area is 173 Å². The molecule has 0 radical (unpaired) electrons. The zero-order valence-corrected chi connectivity index (χ0v) is 17.5. The number of aliphatic imine (C=N–C) groups is 1. The summed E-state index contributed by atoms with van der Waals surface area (Å²) in [6.07, 6.45) is -4.78. The van der Waals surface area contributed by atoms with Crippen molar-refractivity contribution in [2.45, 2.75) is 24.3 Å². The first-order valence-electron chi connectivity index (χ1n) is 8.82. The van der Waals surface area contributed by atoms with Gasteiger partial charge >= 0.3 is 6.36 Å². The van der Waals surface area contributed by atoms with E-state index in [2.05, 4.69) is 20.4 Å². The minimum absolute atomic E-state index is 0.0615. The molecule has 30 heavy (non-hydrogen) atoms. The van der Waals surface area contributed by atoms with E-state index >= 15 is 0 Å². The van der Waals surface area contributed by atoms with Gasteiger partial charge in [-0.05, 0) is 23.8 Å². The summed E-state index contributed by atoms with van der Waals surface area (Å²) >= 11 is 0. The molecule has 0 aliphatic rings. The summed E-state index contributed by atoms with van der Waals surface area (Å²) in [5.41, 5.74) is 1.12. The summed E-state index contributed by atoms with van der Waals surface area (Å²) in [4.78, 5) is 4.21. The van der Waals surface area contributed by atoms with Crippen LogP contribution in [0.4, 0.5) is 13.2 Å². The molecule has 2 aromatic carbocycles. The highest BCUT2D eigenvalue weighted by molar-refractivity contribution is 7.89. The zero-order valence-electron chi connectivity index (χ0n) is 16.7. The van der Waals surface area contributed by atoms with Crippen molar-refractivity contribution >= 4 is 16.0 Å². The van der Waals surface area contributed by atoms with Crippen LogP contribution >= 0.6 is 0 Å². The highest BCUT2D eigenvalue weighted by Crippen LogP contribution is 2.26. The van der Waals surface area contributed by atoms with Gasteiger partial charge in [0.25, 0.3) is 0 Å². The Morgan fingerprint density at radius 3 is 2.20 bits per heavy atom. The quantitative estimate of drug-likeness (QED) is 0.507. The van der Waals surface area contributed by atoms with Crippen LogP contribution in [0.25, 0.3) is 0 Å². The molecular weight excluding hydrogens is 421 g/mol. The van der Waals surface area contributed by atoms with Crippen LogP contribution in [-0.4, -0.2) is 46.2 Å². The summed E-state index contributed by atoms with van der Waals surface area (Å²) in [5.74, 6) is 0.0763. The maximum absolute atomic E-state index is 12.5. The molecule has 7 nitrogen and oxygen atoms in total. The topological polar surface area (TPSA) is 83.0 Å². The first-order chi connectivity index (χ1) is 14.0. The number of alkyl halides is 3. The number of nitrogens with zero attached hydrogens (tertiary/aromatic N) is 2. The van der Waals surface area contributed by atoms with Gasteiger partial charge in [-0.2, -0.15) is 0 Å². The van der Waals surface area contributed by atoms with Crippen LogP contribution in [0, 0.1) is 0 Å². The molecule has 0 spiro atoms. The fourth-order valence-electron chi connectivity index (χ4n) is 2.45. The Hall–Kier alpha value is -2.79. The van der Waals surface area contributed by atoms with Crippen LogP contribution in [0.1, 0.15) is 11.1 Å². The third-order valence-electron chi connectivity index (χ3n) is 4.03. The Balaban J connectivity index is 1.97. The Kier molecular flexibility index (Phi) is 7.68. The van der Waals surface area contributed by atoms with E-state index in [9.17, 15) is 21.6 Å². The monoisotopic (exact) mass is 444 g/mol. The van der Waals surface area contributed by atoms with Crippen molar-refractivity contribution in [2.75, 3.05) is 21.1 Å². The molecule has 0 fully saturated rings. The van der Waals surface area contributed by atoms with Crippen LogP contribution < -0.4 is 15.4 Å². The standard InChI is InChI=1S/C19H23F3N4O3S/c1-23-18(25-13-15-6-4-5-7-17(15)29-19(20,21)22)24-12-14-8-10-16(11-9-14)30(27,28)26(2)3/h4-11H,12-13H2,1-3H3,(H2,23,24,25). The summed E-state index contributed by atoms with van der Waals surface area (Å²) in [7, 11) is 0.940. The molecule has 0 saturated carbocycles. The maximum Gasteiger partial charge on any atom is 0.573 e. The molecule has 0 heterocycles. The van der Waals surface area contributed by atoms with E-state index < -0.39 is 16.4 Å². The van der Waals surface area contributed by atoms with Gasteiger partial charge in [-0.3, -0.25) is 4.99 Å². The van der Waals surface area contributed by atoms with Crippen LogP contribution in [0.15, 0.2) is 58.4 Å². The largest absolute Gasteiger partial charge is 0.573 e. The number of ether oxygens (including phenoxy) is 1. The molecule has 2 rings (SSSR count). The number of nitrogens with one attached hydrogen (secondary N) is 2. The molecule has 0 amide bonds. The van der Waals surface area contributed by atoms with Crippen molar-refractivity contribution in [3.63, 3.8) is 0 Å². The highest BCUT2D eigenvalue weighted by Gasteiger charge is 2.31.